The minimum absolute atomic E-state index is 0.0800. The fourth-order valence-corrected chi connectivity index (χ4v) is 2.62. The Kier molecular flexibility index (Phi) is 8.28. The van der Waals surface area contributed by atoms with E-state index >= 15 is 0 Å². The number of hydrogen-bond donors (Lipinski definition) is 0. The zero-order valence-electron chi connectivity index (χ0n) is 15.0. The number of hydrogen-bond acceptors (Lipinski definition) is 4. The van der Waals surface area contributed by atoms with Crippen molar-refractivity contribution < 1.29 is 9.47 Å². The molecule has 0 saturated heterocycles. The van der Waals surface area contributed by atoms with Crippen molar-refractivity contribution in [3.05, 3.63) is 24.3 Å². The fraction of sp³-hybridized carbons (Fsp3) is 0.667. The summed E-state index contributed by atoms with van der Waals surface area (Å²) in [4.78, 5) is 4.54. The van der Waals surface area contributed by atoms with Crippen LogP contribution in [0.4, 0.5) is 0 Å². The molecule has 0 aliphatic carbocycles. The Labute approximate surface area is 136 Å². The quantitative estimate of drug-likeness (QED) is 0.614. The van der Waals surface area contributed by atoms with Crippen LogP contribution in [0.15, 0.2) is 24.3 Å². The second-order valence-electron chi connectivity index (χ2n) is 5.35. The van der Waals surface area contributed by atoms with Crippen molar-refractivity contribution in [1.82, 2.24) is 9.80 Å². The van der Waals surface area contributed by atoms with Crippen molar-refractivity contribution in [2.75, 3.05) is 26.2 Å². The van der Waals surface area contributed by atoms with Gasteiger partial charge in [-0.3, -0.25) is 9.80 Å². The van der Waals surface area contributed by atoms with E-state index in [1.807, 2.05) is 24.3 Å². The minimum Gasteiger partial charge on any atom is -0.475 e. The summed E-state index contributed by atoms with van der Waals surface area (Å²) in [5, 5.41) is 0. The first kappa shape index (κ1) is 18.8. The maximum atomic E-state index is 5.97. The standard InChI is InChI=1S/C18H32N2O2/c1-7-19(8-2)15(5)21-17-11-13-18(14-12-17)22-16(6)20(9-3)10-4/h11-16H,7-10H2,1-6H3. The summed E-state index contributed by atoms with van der Waals surface area (Å²) in [5.74, 6) is 1.75. The van der Waals surface area contributed by atoms with E-state index in [0.29, 0.717) is 0 Å². The van der Waals surface area contributed by atoms with Crippen LogP contribution in [-0.2, 0) is 0 Å². The molecule has 0 aliphatic heterocycles. The smallest absolute Gasteiger partial charge is 0.149 e. The van der Waals surface area contributed by atoms with E-state index in [0.717, 1.165) is 37.7 Å². The van der Waals surface area contributed by atoms with Gasteiger partial charge in [0.1, 0.15) is 24.0 Å². The molecule has 4 heteroatoms. The zero-order valence-corrected chi connectivity index (χ0v) is 15.0. The lowest BCUT2D eigenvalue weighted by molar-refractivity contribution is 0.0449. The highest BCUT2D eigenvalue weighted by atomic mass is 16.5. The SMILES string of the molecule is CCN(CC)C(C)Oc1ccc(OC(C)N(CC)CC)cc1. The molecule has 0 saturated carbocycles. The lowest BCUT2D eigenvalue weighted by Crippen LogP contribution is -2.37. The molecule has 126 valence electrons. The second-order valence-corrected chi connectivity index (χ2v) is 5.35. The summed E-state index contributed by atoms with van der Waals surface area (Å²) in [6.07, 6.45) is 0.160. The summed E-state index contributed by atoms with van der Waals surface area (Å²) in [5.41, 5.74) is 0. The van der Waals surface area contributed by atoms with E-state index in [2.05, 4.69) is 51.3 Å². The van der Waals surface area contributed by atoms with Crippen LogP contribution < -0.4 is 9.47 Å². The normalized spacial score (nSPS) is 14.2. The zero-order chi connectivity index (χ0) is 16.5. The highest BCUT2D eigenvalue weighted by Gasteiger charge is 2.13. The summed E-state index contributed by atoms with van der Waals surface area (Å²) in [6, 6.07) is 7.91. The molecular weight excluding hydrogens is 276 g/mol. The van der Waals surface area contributed by atoms with E-state index < -0.39 is 0 Å². The molecule has 22 heavy (non-hydrogen) atoms. The number of rotatable bonds is 10. The lowest BCUT2D eigenvalue weighted by atomic mass is 10.3. The van der Waals surface area contributed by atoms with Crippen LogP contribution in [0.3, 0.4) is 0 Å². The monoisotopic (exact) mass is 308 g/mol. The summed E-state index contributed by atoms with van der Waals surface area (Å²) >= 11 is 0. The fourth-order valence-electron chi connectivity index (χ4n) is 2.62. The average molecular weight is 308 g/mol. The van der Waals surface area contributed by atoms with Gasteiger partial charge in [-0.25, -0.2) is 0 Å². The maximum Gasteiger partial charge on any atom is 0.149 e. The first-order chi connectivity index (χ1) is 10.5. The third kappa shape index (κ3) is 5.50. The van der Waals surface area contributed by atoms with Gasteiger partial charge in [0.05, 0.1) is 0 Å². The van der Waals surface area contributed by atoms with Crippen molar-refractivity contribution in [2.45, 2.75) is 54.0 Å². The van der Waals surface area contributed by atoms with Gasteiger partial charge in [-0.05, 0) is 64.3 Å². The predicted molar refractivity (Wildman–Crippen MR) is 92.5 cm³/mol. The Morgan fingerprint density at radius 1 is 0.682 bits per heavy atom. The Hall–Kier alpha value is -1.26. The molecular formula is C18H32N2O2. The van der Waals surface area contributed by atoms with Gasteiger partial charge in [0.25, 0.3) is 0 Å². The molecule has 0 fully saturated rings. The van der Waals surface area contributed by atoms with Crippen molar-refractivity contribution in [3.63, 3.8) is 0 Å². The van der Waals surface area contributed by atoms with Crippen LogP contribution in [0.5, 0.6) is 11.5 Å². The number of benzene rings is 1. The summed E-state index contributed by atoms with van der Waals surface area (Å²) in [6.45, 7) is 16.7. The van der Waals surface area contributed by atoms with E-state index in [1.165, 1.54) is 0 Å². The minimum atomic E-state index is 0.0800. The molecule has 0 radical (unpaired) electrons. The van der Waals surface area contributed by atoms with Crippen molar-refractivity contribution in [2.24, 2.45) is 0 Å². The second kappa shape index (κ2) is 9.70. The lowest BCUT2D eigenvalue weighted by Gasteiger charge is -2.28. The molecule has 4 nitrogen and oxygen atoms in total. The van der Waals surface area contributed by atoms with Gasteiger partial charge in [-0.2, -0.15) is 0 Å². The molecule has 0 N–H and O–H groups in total. The van der Waals surface area contributed by atoms with Gasteiger partial charge in [0, 0.05) is 0 Å². The molecule has 0 spiro atoms. The molecule has 0 bridgehead atoms. The van der Waals surface area contributed by atoms with Crippen LogP contribution in [0.25, 0.3) is 0 Å². The molecule has 0 aliphatic rings. The van der Waals surface area contributed by atoms with E-state index in [4.69, 9.17) is 9.47 Å². The Morgan fingerprint density at radius 2 is 0.955 bits per heavy atom. The van der Waals surface area contributed by atoms with Crippen LogP contribution in [0, 0.1) is 0 Å². The van der Waals surface area contributed by atoms with Crippen molar-refractivity contribution >= 4 is 0 Å². The van der Waals surface area contributed by atoms with E-state index in [-0.39, 0.29) is 12.5 Å². The van der Waals surface area contributed by atoms with E-state index in [1.54, 1.807) is 0 Å². The number of nitrogens with zero attached hydrogens (tertiary/aromatic N) is 2. The molecule has 2 unspecified atom stereocenters. The third-order valence-electron chi connectivity index (χ3n) is 4.09. The van der Waals surface area contributed by atoms with Gasteiger partial charge in [0.2, 0.25) is 0 Å². The maximum absolute atomic E-state index is 5.97. The first-order valence-corrected chi connectivity index (χ1v) is 8.47. The molecule has 1 rings (SSSR count). The highest BCUT2D eigenvalue weighted by Crippen LogP contribution is 2.20. The summed E-state index contributed by atoms with van der Waals surface area (Å²) < 4.78 is 11.9. The highest BCUT2D eigenvalue weighted by molar-refractivity contribution is 5.31. The topological polar surface area (TPSA) is 24.9 Å². The molecule has 0 amide bonds. The average Bonchev–Trinajstić information content (AvgIpc) is 2.51. The van der Waals surface area contributed by atoms with Gasteiger partial charge in [-0.15, -0.1) is 0 Å². The first-order valence-electron chi connectivity index (χ1n) is 8.47. The third-order valence-corrected chi connectivity index (χ3v) is 4.09. The number of ether oxygens (including phenoxy) is 2. The Morgan fingerprint density at radius 3 is 1.18 bits per heavy atom. The summed E-state index contributed by atoms with van der Waals surface area (Å²) in [7, 11) is 0. The molecule has 1 aromatic rings. The van der Waals surface area contributed by atoms with Crippen molar-refractivity contribution in [3.8, 4) is 11.5 Å². The largest absolute Gasteiger partial charge is 0.475 e. The molecule has 2 atom stereocenters. The van der Waals surface area contributed by atoms with Crippen molar-refractivity contribution in [1.29, 1.82) is 0 Å². The van der Waals surface area contributed by atoms with Crippen LogP contribution in [0.1, 0.15) is 41.5 Å². The predicted octanol–water partition coefficient (Wildman–Crippen LogP) is 3.82. The van der Waals surface area contributed by atoms with Crippen LogP contribution in [-0.4, -0.2) is 48.4 Å². The Balaban J connectivity index is 2.59. The molecule has 0 aromatic heterocycles. The van der Waals surface area contributed by atoms with Gasteiger partial charge < -0.3 is 9.47 Å². The Bertz CT molecular complexity index is 361. The van der Waals surface area contributed by atoms with Gasteiger partial charge >= 0.3 is 0 Å². The van der Waals surface area contributed by atoms with Crippen LogP contribution in [0.2, 0.25) is 0 Å². The molecule has 1 aromatic carbocycles. The van der Waals surface area contributed by atoms with Gasteiger partial charge in [-0.1, -0.05) is 27.7 Å². The molecule has 0 heterocycles. The van der Waals surface area contributed by atoms with Crippen LogP contribution >= 0.6 is 0 Å². The van der Waals surface area contributed by atoms with Gasteiger partial charge in [0.15, 0.2) is 0 Å². The van der Waals surface area contributed by atoms with E-state index in [9.17, 15) is 0 Å².